The molecule has 0 aliphatic carbocycles. The molecule has 118 valence electrons. The Kier molecular flexibility index (Phi) is 3.97. The van der Waals surface area contributed by atoms with Crippen LogP contribution in [0, 0.1) is 12.7 Å². The Morgan fingerprint density at radius 2 is 2.18 bits per heavy atom. The van der Waals surface area contributed by atoms with Crippen molar-refractivity contribution in [3.8, 4) is 11.4 Å². The zero-order valence-electron chi connectivity index (χ0n) is 13.0. The first-order valence-electron chi connectivity index (χ1n) is 7.49. The number of likely N-dealkylation sites (tertiary alicyclic amines) is 1. The summed E-state index contributed by atoms with van der Waals surface area (Å²) in [5.41, 5.74) is 1.17. The van der Waals surface area contributed by atoms with Gasteiger partial charge in [0.2, 0.25) is 11.7 Å². The summed E-state index contributed by atoms with van der Waals surface area (Å²) in [6.07, 6.45) is 0.182. The van der Waals surface area contributed by atoms with Crippen molar-refractivity contribution < 1.29 is 14.0 Å². The Morgan fingerprint density at radius 3 is 2.86 bits per heavy atom. The first-order chi connectivity index (χ1) is 10.5. The van der Waals surface area contributed by atoms with Gasteiger partial charge in [-0.25, -0.2) is 4.39 Å². The summed E-state index contributed by atoms with van der Waals surface area (Å²) in [6, 6.07) is 5.06. The van der Waals surface area contributed by atoms with E-state index < -0.39 is 0 Å². The first kappa shape index (κ1) is 15.1. The second-order valence-electron chi connectivity index (χ2n) is 6.12. The third-order valence-electron chi connectivity index (χ3n) is 4.14. The van der Waals surface area contributed by atoms with Crippen molar-refractivity contribution in [3.63, 3.8) is 0 Å². The number of aromatic nitrogens is 2. The second-order valence-corrected chi connectivity index (χ2v) is 6.12. The molecule has 0 saturated carbocycles. The molecule has 1 aromatic carbocycles. The fraction of sp³-hybridized carbons (Fsp3) is 0.500. The zero-order chi connectivity index (χ0) is 15.9. The van der Waals surface area contributed by atoms with Crippen LogP contribution in [0.2, 0.25) is 0 Å². The summed E-state index contributed by atoms with van der Waals surface area (Å²) >= 11 is 0. The Labute approximate surface area is 128 Å². The van der Waals surface area contributed by atoms with Crippen molar-refractivity contribution in [2.45, 2.75) is 45.4 Å². The summed E-state index contributed by atoms with van der Waals surface area (Å²) in [5, 5.41) is 13.8. The standard InChI is InChI=1S/C16H20FN3O2/c1-9(2)20-8-12(21)7-14(20)16-18-15(19-22-16)11-5-4-10(3)13(17)6-11/h4-6,9,12,14,21H,7-8H2,1-3H3/t12-,14+/m1/s1. The van der Waals surface area contributed by atoms with Gasteiger partial charge in [0, 0.05) is 18.2 Å². The lowest BCUT2D eigenvalue weighted by atomic mass is 10.1. The van der Waals surface area contributed by atoms with Crippen molar-refractivity contribution >= 4 is 0 Å². The normalized spacial score (nSPS) is 22.6. The number of β-amino-alcohol motifs (C(OH)–C–C–N with tert-alkyl or cyclic N) is 1. The van der Waals surface area contributed by atoms with Crippen LogP contribution >= 0.6 is 0 Å². The van der Waals surface area contributed by atoms with Gasteiger partial charge in [0.15, 0.2) is 0 Å². The molecule has 2 aromatic rings. The third-order valence-corrected chi connectivity index (χ3v) is 4.14. The van der Waals surface area contributed by atoms with Crippen molar-refractivity contribution in [1.82, 2.24) is 15.0 Å². The van der Waals surface area contributed by atoms with Gasteiger partial charge >= 0.3 is 0 Å². The summed E-state index contributed by atoms with van der Waals surface area (Å²) < 4.78 is 19.0. The predicted octanol–water partition coefficient (Wildman–Crippen LogP) is 2.70. The van der Waals surface area contributed by atoms with E-state index >= 15 is 0 Å². The maximum absolute atomic E-state index is 13.7. The highest BCUT2D eigenvalue weighted by molar-refractivity contribution is 5.55. The molecule has 0 radical (unpaired) electrons. The Balaban J connectivity index is 1.88. The average molecular weight is 305 g/mol. The Hall–Kier alpha value is -1.79. The lowest BCUT2D eigenvalue weighted by Gasteiger charge is -2.25. The molecule has 1 saturated heterocycles. The number of halogens is 1. The Morgan fingerprint density at radius 1 is 1.41 bits per heavy atom. The van der Waals surface area contributed by atoms with Gasteiger partial charge in [-0.1, -0.05) is 17.3 Å². The quantitative estimate of drug-likeness (QED) is 0.944. The molecule has 2 heterocycles. The SMILES string of the molecule is Cc1ccc(-c2noc([C@@H]3C[C@@H](O)CN3C(C)C)n2)cc1F. The van der Waals surface area contributed by atoms with E-state index in [4.69, 9.17) is 4.52 Å². The second kappa shape index (κ2) is 5.78. The van der Waals surface area contributed by atoms with E-state index in [1.54, 1.807) is 19.1 Å². The molecule has 0 bridgehead atoms. The van der Waals surface area contributed by atoms with Crippen LogP contribution in [-0.4, -0.2) is 38.8 Å². The highest BCUT2D eigenvalue weighted by Gasteiger charge is 2.37. The lowest BCUT2D eigenvalue weighted by molar-refractivity contribution is 0.150. The minimum Gasteiger partial charge on any atom is -0.392 e. The average Bonchev–Trinajstić information content (AvgIpc) is 3.08. The predicted molar refractivity (Wildman–Crippen MR) is 79.6 cm³/mol. The van der Waals surface area contributed by atoms with Crippen LogP contribution in [0.3, 0.4) is 0 Å². The maximum Gasteiger partial charge on any atom is 0.244 e. The summed E-state index contributed by atoms with van der Waals surface area (Å²) in [6.45, 7) is 6.44. The number of hydrogen-bond acceptors (Lipinski definition) is 5. The monoisotopic (exact) mass is 305 g/mol. The number of nitrogens with zero attached hydrogens (tertiary/aromatic N) is 3. The fourth-order valence-corrected chi connectivity index (χ4v) is 2.87. The van der Waals surface area contributed by atoms with Gasteiger partial charge in [-0.15, -0.1) is 0 Å². The molecule has 0 unspecified atom stereocenters. The molecule has 3 rings (SSSR count). The molecule has 1 aliphatic rings. The van der Waals surface area contributed by atoms with Crippen molar-refractivity contribution in [3.05, 3.63) is 35.5 Å². The number of aryl methyl sites for hydroxylation is 1. The van der Waals surface area contributed by atoms with E-state index in [9.17, 15) is 9.50 Å². The molecule has 22 heavy (non-hydrogen) atoms. The molecule has 0 amide bonds. The lowest BCUT2D eigenvalue weighted by Crippen LogP contribution is -2.31. The molecule has 1 aromatic heterocycles. The molecule has 0 spiro atoms. The molecule has 6 heteroatoms. The van der Waals surface area contributed by atoms with Crippen LogP contribution in [0.5, 0.6) is 0 Å². The zero-order valence-corrected chi connectivity index (χ0v) is 13.0. The van der Waals surface area contributed by atoms with Gasteiger partial charge in [0.05, 0.1) is 12.1 Å². The fourth-order valence-electron chi connectivity index (χ4n) is 2.87. The molecule has 1 fully saturated rings. The number of aliphatic hydroxyl groups excluding tert-OH is 1. The molecular formula is C16H20FN3O2. The highest BCUT2D eigenvalue weighted by atomic mass is 19.1. The highest BCUT2D eigenvalue weighted by Crippen LogP contribution is 2.33. The van der Waals surface area contributed by atoms with Crippen LogP contribution in [0.4, 0.5) is 4.39 Å². The third kappa shape index (κ3) is 2.76. The van der Waals surface area contributed by atoms with Crippen LogP contribution in [0.25, 0.3) is 11.4 Å². The van der Waals surface area contributed by atoms with Crippen LogP contribution in [0.15, 0.2) is 22.7 Å². The molecule has 2 atom stereocenters. The van der Waals surface area contributed by atoms with Crippen LogP contribution < -0.4 is 0 Å². The van der Waals surface area contributed by atoms with E-state index in [1.165, 1.54) is 6.07 Å². The largest absolute Gasteiger partial charge is 0.392 e. The topological polar surface area (TPSA) is 62.4 Å². The minimum atomic E-state index is -0.389. The van der Waals surface area contributed by atoms with Crippen molar-refractivity contribution in [2.24, 2.45) is 0 Å². The van der Waals surface area contributed by atoms with E-state index in [0.717, 1.165) is 0 Å². The van der Waals surface area contributed by atoms with Gasteiger partial charge in [-0.05, 0) is 38.8 Å². The maximum atomic E-state index is 13.7. The number of aliphatic hydroxyl groups is 1. The van der Waals surface area contributed by atoms with Gasteiger partial charge in [0.25, 0.3) is 0 Å². The van der Waals surface area contributed by atoms with Crippen LogP contribution in [0.1, 0.15) is 37.8 Å². The smallest absolute Gasteiger partial charge is 0.244 e. The molecule has 5 nitrogen and oxygen atoms in total. The van der Waals surface area contributed by atoms with Gasteiger partial charge in [-0.2, -0.15) is 4.98 Å². The van der Waals surface area contributed by atoms with Gasteiger partial charge in [-0.3, -0.25) is 4.90 Å². The van der Waals surface area contributed by atoms with E-state index in [0.29, 0.717) is 35.8 Å². The van der Waals surface area contributed by atoms with Crippen molar-refractivity contribution in [1.29, 1.82) is 0 Å². The molecule has 1 aliphatic heterocycles. The van der Waals surface area contributed by atoms with E-state index in [-0.39, 0.29) is 24.0 Å². The van der Waals surface area contributed by atoms with Gasteiger partial charge in [0.1, 0.15) is 5.82 Å². The Bertz CT molecular complexity index is 671. The first-order valence-corrected chi connectivity index (χ1v) is 7.49. The molecular weight excluding hydrogens is 285 g/mol. The minimum absolute atomic E-state index is 0.0912. The molecule has 1 N–H and O–H groups in total. The number of hydrogen-bond donors (Lipinski definition) is 1. The van der Waals surface area contributed by atoms with Gasteiger partial charge < -0.3 is 9.63 Å². The van der Waals surface area contributed by atoms with Crippen molar-refractivity contribution in [2.75, 3.05) is 6.54 Å². The summed E-state index contributed by atoms with van der Waals surface area (Å²) in [7, 11) is 0. The number of rotatable bonds is 3. The van der Waals surface area contributed by atoms with E-state index in [2.05, 4.69) is 28.9 Å². The van der Waals surface area contributed by atoms with Crippen LogP contribution in [-0.2, 0) is 0 Å². The van der Waals surface area contributed by atoms with E-state index in [1.807, 2.05) is 0 Å². The number of benzene rings is 1. The summed E-state index contributed by atoms with van der Waals surface area (Å²) in [4.78, 5) is 6.54. The summed E-state index contributed by atoms with van der Waals surface area (Å²) in [5.74, 6) is 0.559.